The van der Waals surface area contributed by atoms with E-state index in [-0.39, 0.29) is 41.3 Å². The lowest BCUT2D eigenvalue weighted by atomic mass is 10.0. The Morgan fingerprint density at radius 2 is 1.39 bits per heavy atom. The van der Waals surface area contributed by atoms with Crippen LogP contribution in [0.1, 0.15) is 71.6 Å². The molecule has 4 aromatic carbocycles. The fraction of sp³-hybridized carbons (Fsp3) is 0.317. The standard InChI is InChI=1S/C41H43F3N2O8/c1-3-4-5-6-7-22-53-33-17-8-28(9-18-33)23-39(50)54-34-19-10-29(11-20-34)26-46(27-38(48)49)40(51)30-12-15-32(16-13-30)45-37(47)24-31-14-21-35(52-2)25-36(31)41(42,43)44/h8-21,25H,3-7,22-24,26-27H2,1-2H3,(H,45,47)(H,48,49). The number of hydrogen-bond donors (Lipinski definition) is 2. The molecule has 0 unspecified atom stereocenters. The smallest absolute Gasteiger partial charge is 0.416 e. The van der Waals surface area contributed by atoms with E-state index in [4.69, 9.17) is 14.2 Å². The molecule has 10 nitrogen and oxygen atoms in total. The molecule has 0 aliphatic heterocycles. The number of carboxylic acids is 1. The molecular weight excluding hydrogens is 705 g/mol. The van der Waals surface area contributed by atoms with Gasteiger partial charge in [0.05, 0.1) is 32.1 Å². The molecule has 0 heterocycles. The zero-order valence-corrected chi connectivity index (χ0v) is 30.1. The number of nitrogens with one attached hydrogen (secondary N) is 1. The number of carbonyl (C=O) groups excluding carboxylic acids is 3. The van der Waals surface area contributed by atoms with E-state index in [0.29, 0.717) is 12.2 Å². The lowest BCUT2D eigenvalue weighted by Gasteiger charge is -2.21. The average Bonchev–Trinajstić information content (AvgIpc) is 3.13. The molecule has 0 bridgehead atoms. The topological polar surface area (TPSA) is 131 Å². The molecule has 54 heavy (non-hydrogen) atoms. The molecule has 0 spiro atoms. The predicted molar refractivity (Wildman–Crippen MR) is 196 cm³/mol. The van der Waals surface area contributed by atoms with Crippen LogP contribution in [0.25, 0.3) is 0 Å². The lowest BCUT2D eigenvalue weighted by Crippen LogP contribution is -2.35. The highest BCUT2D eigenvalue weighted by Crippen LogP contribution is 2.35. The second-order valence-electron chi connectivity index (χ2n) is 12.6. The monoisotopic (exact) mass is 748 g/mol. The first-order valence-corrected chi connectivity index (χ1v) is 17.5. The third-order valence-electron chi connectivity index (χ3n) is 8.32. The predicted octanol–water partition coefficient (Wildman–Crippen LogP) is 8.12. The van der Waals surface area contributed by atoms with Crippen molar-refractivity contribution in [2.75, 3.05) is 25.6 Å². The second-order valence-corrected chi connectivity index (χ2v) is 12.6. The lowest BCUT2D eigenvalue weighted by molar-refractivity contribution is -0.139. The van der Waals surface area contributed by atoms with E-state index in [1.807, 2.05) is 24.3 Å². The summed E-state index contributed by atoms with van der Waals surface area (Å²) >= 11 is 0. The summed E-state index contributed by atoms with van der Waals surface area (Å²) in [7, 11) is 1.24. The van der Waals surface area contributed by atoms with Gasteiger partial charge in [0.2, 0.25) is 5.91 Å². The SMILES string of the molecule is CCCCCCCOc1ccc(CC(=O)Oc2ccc(CN(CC(=O)O)C(=O)c3ccc(NC(=O)Cc4ccc(OC)cc4C(F)(F)F)cc3)cc2)cc1. The Labute approximate surface area is 311 Å². The Morgan fingerprint density at radius 1 is 0.759 bits per heavy atom. The molecule has 0 atom stereocenters. The first kappa shape index (κ1) is 40.9. The number of nitrogens with zero attached hydrogens (tertiary/aromatic N) is 1. The summed E-state index contributed by atoms with van der Waals surface area (Å²) < 4.78 is 56.8. The molecule has 13 heteroatoms. The number of rotatable bonds is 19. The highest BCUT2D eigenvalue weighted by Gasteiger charge is 2.34. The molecule has 0 fully saturated rings. The van der Waals surface area contributed by atoms with Gasteiger partial charge in [-0.15, -0.1) is 0 Å². The zero-order valence-electron chi connectivity index (χ0n) is 30.1. The maximum absolute atomic E-state index is 13.6. The third-order valence-corrected chi connectivity index (χ3v) is 8.32. The molecule has 0 saturated carbocycles. The molecule has 0 aliphatic carbocycles. The van der Waals surface area contributed by atoms with Crippen LogP contribution in [0.2, 0.25) is 0 Å². The summed E-state index contributed by atoms with van der Waals surface area (Å²) in [6.07, 6.45) is 0.535. The fourth-order valence-corrected chi connectivity index (χ4v) is 5.54. The van der Waals surface area contributed by atoms with Crippen LogP contribution in [0.5, 0.6) is 17.2 Å². The molecule has 4 aromatic rings. The minimum atomic E-state index is -4.69. The van der Waals surface area contributed by atoms with E-state index >= 15 is 0 Å². The van der Waals surface area contributed by atoms with Crippen LogP contribution in [0.4, 0.5) is 18.9 Å². The number of amides is 2. The van der Waals surface area contributed by atoms with Crippen LogP contribution in [-0.4, -0.2) is 54.0 Å². The quantitative estimate of drug-likeness (QED) is 0.0559. The average molecular weight is 749 g/mol. The summed E-state index contributed by atoms with van der Waals surface area (Å²) in [5.41, 5.74) is 0.459. The van der Waals surface area contributed by atoms with Crippen LogP contribution in [0.15, 0.2) is 91.0 Å². The third kappa shape index (κ3) is 13.0. The number of anilines is 1. The Kier molecular flexibility index (Phi) is 15.0. The number of benzene rings is 4. The van der Waals surface area contributed by atoms with Gasteiger partial charge in [-0.3, -0.25) is 19.2 Å². The summed E-state index contributed by atoms with van der Waals surface area (Å²) in [5.74, 6) is -2.01. The second kappa shape index (κ2) is 19.8. The van der Waals surface area contributed by atoms with Gasteiger partial charge in [0.1, 0.15) is 23.8 Å². The number of halogens is 3. The summed E-state index contributed by atoms with van der Waals surface area (Å²) in [4.78, 5) is 51.3. The Bertz CT molecular complexity index is 1860. The number of unbranched alkanes of at least 4 members (excludes halogenated alkanes) is 4. The summed E-state index contributed by atoms with van der Waals surface area (Å²) in [5, 5.41) is 12.0. The van der Waals surface area contributed by atoms with Crippen molar-refractivity contribution in [3.8, 4) is 17.2 Å². The van der Waals surface area contributed by atoms with E-state index < -0.39 is 48.5 Å². The molecule has 0 aromatic heterocycles. The number of aliphatic carboxylic acids is 1. The molecule has 2 N–H and O–H groups in total. The van der Waals surface area contributed by atoms with Crippen molar-refractivity contribution >= 4 is 29.4 Å². The van der Waals surface area contributed by atoms with Crippen molar-refractivity contribution in [1.29, 1.82) is 0 Å². The van der Waals surface area contributed by atoms with Gasteiger partial charge < -0.3 is 29.5 Å². The van der Waals surface area contributed by atoms with Gasteiger partial charge in [-0.2, -0.15) is 13.2 Å². The minimum Gasteiger partial charge on any atom is -0.497 e. The van der Waals surface area contributed by atoms with Crippen molar-refractivity contribution in [1.82, 2.24) is 4.90 Å². The van der Waals surface area contributed by atoms with E-state index in [0.717, 1.165) is 35.1 Å². The number of methoxy groups -OCH3 is 1. The van der Waals surface area contributed by atoms with Crippen LogP contribution in [0.3, 0.4) is 0 Å². The van der Waals surface area contributed by atoms with Gasteiger partial charge in [0.25, 0.3) is 5.91 Å². The van der Waals surface area contributed by atoms with E-state index in [9.17, 15) is 37.5 Å². The zero-order chi connectivity index (χ0) is 39.1. The number of carboxylic acid groups (broad SMARTS) is 1. The first-order chi connectivity index (χ1) is 25.8. The van der Waals surface area contributed by atoms with Crippen LogP contribution >= 0.6 is 0 Å². The molecule has 2 amide bonds. The van der Waals surface area contributed by atoms with Crippen molar-refractivity contribution in [3.05, 3.63) is 119 Å². The number of ether oxygens (including phenoxy) is 3. The molecule has 286 valence electrons. The Morgan fingerprint density at radius 3 is 2.02 bits per heavy atom. The van der Waals surface area contributed by atoms with Gasteiger partial charge in [0.15, 0.2) is 0 Å². The summed E-state index contributed by atoms with van der Waals surface area (Å²) in [6.45, 7) is 2.13. The van der Waals surface area contributed by atoms with Crippen LogP contribution < -0.4 is 19.5 Å². The Balaban J connectivity index is 1.30. The molecule has 0 aliphatic rings. The first-order valence-electron chi connectivity index (χ1n) is 17.5. The fourth-order valence-electron chi connectivity index (χ4n) is 5.54. The number of carbonyl (C=O) groups is 4. The normalized spacial score (nSPS) is 11.1. The number of esters is 1. The number of alkyl halides is 3. The highest BCUT2D eigenvalue weighted by atomic mass is 19.4. The van der Waals surface area contributed by atoms with Gasteiger partial charge in [-0.05, 0) is 83.8 Å². The molecular formula is C41H43F3N2O8. The highest BCUT2D eigenvalue weighted by molar-refractivity contribution is 5.97. The largest absolute Gasteiger partial charge is 0.497 e. The molecule has 4 rings (SSSR count). The van der Waals surface area contributed by atoms with Gasteiger partial charge in [0, 0.05) is 17.8 Å². The van der Waals surface area contributed by atoms with Crippen molar-refractivity contribution in [3.63, 3.8) is 0 Å². The maximum atomic E-state index is 13.6. The van der Waals surface area contributed by atoms with E-state index in [1.54, 1.807) is 24.3 Å². The minimum absolute atomic E-state index is 0.00398. The van der Waals surface area contributed by atoms with Gasteiger partial charge in [-0.1, -0.05) is 62.9 Å². The Hall–Kier alpha value is -5.85. The van der Waals surface area contributed by atoms with Crippen molar-refractivity contribution in [2.24, 2.45) is 0 Å². The summed E-state index contributed by atoms with van der Waals surface area (Å²) in [6, 6.07) is 22.5. The molecule has 0 radical (unpaired) electrons. The van der Waals surface area contributed by atoms with Crippen molar-refractivity contribution in [2.45, 2.75) is 64.6 Å². The van der Waals surface area contributed by atoms with Gasteiger partial charge in [-0.25, -0.2) is 0 Å². The van der Waals surface area contributed by atoms with Crippen molar-refractivity contribution < 1.29 is 51.7 Å². The van der Waals surface area contributed by atoms with Crippen LogP contribution in [0, 0.1) is 0 Å². The van der Waals surface area contributed by atoms with E-state index in [2.05, 4.69) is 12.2 Å². The van der Waals surface area contributed by atoms with Crippen LogP contribution in [-0.2, 0) is 39.9 Å². The molecule has 0 saturated heterocycles. The maximum Gasteiger partial charge on any atom is 0.416 e. The van der Waals surface area contributed by atoms with Gasteiger partial charge >= 0.3 is 18.1 Å². The number of hydrogen-bond acceptors (Lipinski definition) is 7. The van der Waals surface area contributed by atoms with E-state index in [1.165, 1.54) is 62.8 Å².